The van der Waals surface area contributed by atoms with Gasteiger partial charge in [0, 0.05) is 22.8 Å². The monoisotopic (exact) mass is 428 g/mol. The first-order valence-electron chi connectivity index (χ1n) is 8.81. The van der Waals surface area contributed by atoms with E-state index in [2.05, 4.69) is 10.6 Å². The van der Waals surface area contributed by atoms with Crippen molar-refractivity contribution in [3.63, 3.8) is 0 Å². The summed E-state index contributed by atoms with van der Waals surface area (Å²) in [5.41, 5.74) is 2.08. The van der Waals surface area contributed by atoms with Gasteiger partial charge in [-0.25, -0.2) is 0 Å². The Kier molecular flexibility index (Phi) is 7.11. The highest BCUT2D eigenvalue weighted by molar-refractivity contribution is 6.35. The van der Waals surface area contributed by atoms with E-state index in [1.165, 1.54) is 6.07 Å². The van der Waals surface area contributed by atoms with E-state index < -0.39 is 0 Å². The first kappa shape index (κ1) is 20.7. The number of carbonyl (C=O) groups is 2. The van der Waals surface area contributed by atoms with Crippen LogP contribution in [0.15, 0.2) is 72.8 Å². The van der Waals surface area contributed by atoms with Gasteiger partial charge >= 0.3 is 0 Å². The molecule has 0 aliphatic carbocycles. The average Bonchev–Trinajstić information content (AvgIpc) is 2.72. The second-order valence-corrected chi connectivity index (χ2v) is 7.00. The number of ether oxygens (including phenoxy) is 1. The van der Waals surface area contributed by atoms with Gasteiger partial charge in [-0.15, -0.1) is 0 Å². The highest BCUT2D eigenvalue weighted by Crippen LogP contribution is 2.27. The molecule has 3 rings (SSSR count). The van der Waals surface area contributed by atoms with Crippen molar-refractivity contribution >= 4 is 40.7 Å². The summed E-state index contributed by atoms with van der Waals surface area (Å²) in [6, 6.07) is 21.0. The molecular formula is C22H18Cl2N2O3. The van der Waals surface area contributed by atoms with Crippen molar-refractivity contribution < 1.29 is 14.3 Å². The van der Waals surface area contributed by atoms with E-state index in [1.54, 1.807) is 36.4 Å². The minimum Gasteiger partial charge on any atom is -0.482 e. The smallest absolute Gasteiger partial charge is 0.262 e. The lowest BCUT2D eigenvalue weighted by Gasteiger charge is -2.10. The van der Waals surface area contributed by atoms with Crippen molar-refractivity contribution in [3.8, 4) is 5.75 Å². The summed E-state index contributed by atoms with van der Waals surface area (Å²) < 4.78 is 5.39. The first-order valence-corrected chi connectivity index (χ1v) is 9.57. The van der Waals surface area contributed by atoms with E-state index in [0.29, 0.717) is 33.6 Å². The van der Waals surface area contributed by atoms with Crippen LogP contribution in [0.2, 0.25) is 10.0 Å². The molecule has 0 aliphatic rings. The van der Waals surface area contributed by atoms with Gasteiger partial charge < -0.3 is 15.4 Å². The predicted molar refractivity (Wildman–Crippen MR) is 115 cm³/mol. The first-order chi connectivity index (χ1) is 14.0. The van der Waals surface area contributed by atoms with Crippen LogP contribution < -0.4 is 15.4 Å². The van der Waals surface area contributed by atoms with Gasteiger partial charge in [0.25, 0.3) is 11.8 Å². The second-order valence-electron chi connectivity index (χ2n) is 6.16. The van der Waals surface area contributed by atoms with E-state index in [1.807, 2.05) is 30.3 Å². The standard InChI is InChI=1S/C22H18Cl2N2O3/c23-17-8-11-20(19(24)12-17)29-14-21(27)26-18-9-6-16(7-10-18)22(28)25-13-15-4-2-1-3-5-15/h1-12H,13-14H2,(H,25,28)(H,26,27). The molecular weight excluding hydrogens is 411 g/mol. The molecule has 0 fully saturated rings. The Morgan fingerprint density at radius 3 is 2.31 bits per heavy atom. The molecule has 0 atom stereocenters. The molecule has 29 heavy (non-hydrogen) atoms. The Bertz CT molecular complexity index is 993. The minimum absolute atomic E-state index is 0.188. The highest BCUT2D eigenvalue weighted by Gasteiger charge is 2.09. The number of rotatable bonds is 7. The maximum atomic E-state index is 12.2. The van der Waals surface area contributed by atoms with Crippen LogP contribution in [-0.4, -0.2) is 18.4 Å². The maximum Gasteiger partial charge on any atom is 0.262 e. The third-order valence-electron chi connectivity index (χ3n) is 3.98. The lowest BCUT2D eigenvalue weighted by Crippen LogP contribution is -2.23. The van der Waals surface area contributed by atoms with Crippen LogP contribution in [0.4, 0.5) is 5.69 Å². The molecule has 0 aliphatic heterocycles. The molecule has 2 N–H and O–H groups in total. The molecule has 3 aromatic carbocycles. The predicted octanol–water partition coefficient (Wildman–Crippen LogP) is 4.94. The van der Waals surface area contributed by atoms with E-state index in [4.69, 9.17) is 27.9 Å². The zero-order valence-electron chi connectivity index (χ0n) is 15.3. The van der Waals surface area contributed by atoms with E-state index in [0.717, 1.165) is 5.56 Å². The lowest BCUT2D eigenvalue weighted by molar-refractivity contribution is -0.118. The molecule has 2 amide bonds. The number of hydrogen-bond acceptors (Lipinski definition) is 3. The normalized spacial score (nSPS) is 10.3. The van der Waals surface area contributed by atoms with Crippen molar-refractivity contribution in [1.82, 2.24) is 5.32 Å². The molecule has 0 saturated heterocycles. The molecule has 0 saturated carbocycles. The van der Waals surface area contributed by atoms with Crippen molar-refractivity contribution in [1.29, 1.82) is 0 Å². The van der Waals surface area contributed by atoms with Crippen molar-refractivity contribution in [2.24, 2.45) is 0 Å². The number of carbonyl (C=O) groups excluding carboxylic acids is 2. The van der Waals surface area contributed by atoms with Gasteiger partial charge in [0.1, 0.15) is 5.75 Å². The number of benzene rings is 3. The Hall–Kier alpha value is -3.02. The van der Waals surface area contributed by atoms with Crippen LogP contribution in [0, 0.1) is 0 Å². The Morgan fingerprint density at radius 1 is 0.897 bits per heavy atom. The van der Waals surface area contributed by atoms with Crippen molar-refractivity contribution in [3.05, 3.63) is 94.0 Å². The summed E-state index contributed by atoms with van der Waals surface area (Å²) in [5.74, 6) is -0.165. The lowest BCUT2D eigenvalue weighted by atomic mass is 10.1. The molecule has 7 heteroatoms. The molecule has 0 aromatic heterocycles. The Balaban J connectivity index is 1.49. The quantitative estimate of drug-likeness (QED) is 0.559. The fourth-order valence-corrected chi connectivity index (χ4v) is 2.98. The van der Waals surface area contributed by atoms with Crippen LogP contribution in [0.3, 0.4) is 0 Å². The summed E-state index contributed by atoms with van der Waals surface area (Å²) in [4.78, 5) is 24.3. The molecule has 3 aromatic rings. The average molecular weight is 429 g/mol. The Morgan fingerprint density at radius 2 is 1.62 bits per heavy atom. The van der Waals surface area contributed by atoms with Crippen molar-refractivity contribution in [2.75, 3.05) is 11.9 Å². The van der Waals surface area contributed by atoms with Crippen LogP contribution >= 0.6 is 23.2 Å². The maximum absolute atomic E-state index is 12.2. The van der Waals surface area contributed by atoms with Gasteiger partial charge in [0.05, 0.1) is 5.02 Å². The summed E-state index contributed by atoms with van der Waals surface area (Å²) in [5, 5.41) is 6.37. The van der Waals surface area contributed by atoms with E-state index in [9.17, 15) is 9.59 Å². The number of hydrogen-bond donors (Lipinski definition) is 2. The molecule has 0 heterocycles. The molecule has 148 valence electrons. The largest absolute Gasteiger partial charge is 0.482 e. The summed E-state index contributed by atoms with van der Waals surface area (Å²) in [7, 11) is 0. The van der Waals surface area contributed by atoms with Gasteiger partial charge in [-0.3, -0.25) is 9.59 Å². The van der Waals surface area contributed by atoms with Gasteiger partial charge in [0.2, 0.25) is 0 Å². The summed E-state index contributed by atoms with van der Waals surface area (Å²) in [6.07, 6.45) is 0. The van der Waals surface area contributed by atoms with Gasteiger partial charge in [-0.05, 0) is 48.0 Å². The van der Waals surface area contributed by atoms with E-state index in [-0.39, 0.29) is 18.4 Å². The topological polar surface area (TPSA) is 67.4 Å². The van der Waals surface area contributed by atoms with Gasteiger partial charge in [-0.2, -0.15) is 0 Å². The summed E-state index contributed by atoms with van der Waals surface area (Å²) in [6.45, 7) is 0.240. The van der Waals surface area contributed by atoms with Crippen LogP contribution in [0.5, 0.6) is 5.75 Å². The molecule has 5 nitrogen and oxygen atoms in total. The summed E-state index contributed by atoms with van der Waals surface area (Å²) >= 11 is 11.8. The van der Waals surface area contributed by atoms with E-state index >= 15 is 0 Å². The third-order valence-corrected chi connectivity index (χ3v) is 4.51. The van der Waals surface area contributed by atoms with Gasteiger partial charge in [-0.1, -0.05) is 53.5 Å². The fourth-order valence-electron chi connectivity index (χ4n) is 2.52. The fraction of sp³-hybridized carbons (Fsp3) is 0.0909. The second kappa shape index (κ2) is 9.96. The molecule has 0 unspecified atom stereocenters. The van der Waals surface area contributed by atoms with Crippen LogP contribution in [-0.2, 0) is 11.3 Å². The number of nitrogens with one attached hydrogen (secondary N) is 2. The number of anilines is 1. The zero-order chi connectivity index (χ0) is 20.6. The Labute approximate surface area is 178 Å². The van der Waals surface area contributed by atoms with Crippen molar-refractivity contribution in [2.45, 2.75) is 6.54 Å². The molecule has 0 spiro atoms. The van der Waals surface area contributed by atoms with Crippen LogP contribution in [0.1, 0.15) is 15.9 Å². The highest BCUT2D eigenvalue weighted by atomic mass is 35.5. The number of halogens is 2. The SMILES string of the molecule is O=C(COc1ccc(Cl)cc1Cl)Nc1ccc(C(=O)NCc2ccccc2)cc1. The number of amides is 2. The zero-order valence-corrected chi connectivity index (χ0v) is 16.8. The van der Waals surface area contributed by atoms with Gasteiger partial charge in [0.15, 0.2) is 6.61 Å². The molecule has 0 bridgehead atoms. The van der Waals surface area contributed by atoms with Crippen LogP contribution in [0.25, 0.3) is 0 Å². The third kappa shape index (κ3) is 6.24. The molecule has 0 radical (unpaired) electrons. The minimum atomic E-state index is -0.350.